The van der Waals surface area contributed by atoms with Gasteiger partial charge in [0.15, 0.2) is 0 Å². The van der Waals surface area contributed by atoms with Crippen molar-refractivity contribution >= 4 is 24.0 Å². The van der Waals surface area contributed by atoms with Crippen LogP contribution < -0.4 is 56.8 Å². The Labute approximate surface area is 122 Å². The first-order valence-electron chi connectivity index (χ1n) is 3.37. The Balaban J connectivity index is 0.00000144. The van der Waals surface area contributed by atoms with Crippen LogP contribution in [0.1, 0.15) is 5.56 Å². The predicted molar refractivity (Wildman–Crippen MR) is 44.9 cm³/mol. The first kappa shape index (κ1) is 14.0. The molecule has 0 saturated heterocycles. The van der Waals surface area contributed by atoms with E-state index in [1.165, 1.54) is 6.07 Å². The van der Waals surface area contributed by atoms with Crippen molar-refractivity contribution in [3.63, 3.8) is 0 Å². The van der Waals surface area contributed by atoms with E-state index in [0.29, 0.717) is 10.6 Å². The average molecular weight is 232 g/mol. The summed E-state index contributed by atoms with van der Waals surface area (Å²) in [5.74, 6) is 0. The van der Waals surface area contributed by atoms with Gasteiger partial charge in [-0.3, -0.25) is 0 Å². The summed E-state index contributed by atoms with van der Waals surface area (Å²) >= 11 is 5.57. The van der Waals surface area contributed by atoms with Crippen LogP contribution in [-0.4, -0.2) is 6.98 Å². The van der Waals surface area contributed by atoms with Gasteiger partial charge in [0.05, 0.1) is 0 Å². The topological polar surface area (TPSA) is 0 Å². The maximum atomic E-state index is 12.1. The van der Waals surface area contributed by atoms with Gasteiger partial charge >= 0.3 is 58.4 Å². The molecule has 1 aromatic carbocycles. The fourth-order valence-corrected chi connectivity index (χ4v) is 0.989. The molecule has 0 nitrogen and oxygen atoms in total. The molecule has 0 aliphatic rings. The summed E-state index contributed by atoms with van der Waals surface area (Å²) in [4.78, 5) is 0. The molecule has 0 fully saturated rings. The Morgan fingerprint density at radius 1 is 1.23 bits per heavy atom. The molecule has 0 aromatic heterocycles. The minimum absolute atomic E-state index is 0. The SMILES string of the molecule is Cc1cc([B-](F)(F)F)ccc1Cl.[K+]. The van der Waals surface area contributed by atoms with E-state index < -0.39 is 12.4 Å². The molecule has 0 aliphatic carbocycles. The number of benzene rings is 1. The van der Waals surface area contributed by atoms with Crippen LogP contribution in [-0.2, 0) is 0 Å². The number of halogens is 4. The summed E-state index contributed by atoms with van der Waals surface area (Å²) in [6.45, 7) is -3.35. The maximum absolute atomic E-state index is 12.1. The first-order chi connectivity index (χ1) is 5.41. The summed E-state index contributed by atoms with van der Waals surface area (Å²) in [5, 5.41) is 0.360. The predicted octanol–water partition coefficient (Wildman–Crippen LogP) is -0.293. The van der Waals surface area contributed by atoms with E-state index in [9.17, 15) is 12.9 Å². The first-order valence-corrected chi connectivity index (χ1v) is 3.75. The van der Waals surface area contributed by atoms with Crippen molar-refractivity contribution in [1.29, 1.82) is 0 Å². The Bertz CT molecular complexity index is 300. The summed E-state index contributed by atoms with van der Waals surface area (Å²) in [7, 11) is 0. The van der Waals surface area contributed by atoms with Gasteiger partial charge in [0.1, 0.15) is 0 Å². The number of aryl methyl sites for hydroxylation is 1. The van der Waals surface area contributed by atoms with Crippen molar-refractivity contribution in [2.75, 3.05) is 0 Å². The molecule has 66 valence electrons. The summed E-state index contributed by atoms with van der Waals surface area (Å²) in [6.07, 6.45) is 0. The maximum Gasteiger partial charge on any atom is 1.00 e. The van der Waals surface area contributed by atoms with Crippen LogP contribution in [0.5, 0.6) is 0 Å². The van der Waals surface area contributed by atoms with Crippen LogP contribution in [0, 0.1) is 6.92 Å². The van der Waals surface area contributed by atoms with E-state index in [2.05, 4.69) is 0 Å². The van der Waals surface area contributed by atoms with Gasteiger partial charge in [0.2, 0.25) is 0 Å². The quantitative estimate of drug-likeness (QED) is 0.584. The van der Waals surface area contributed by atoms with E-state index in [1.807, 2.05) is 0 Å². The summed E-state index contributed by atoms with van der Waals surface area (Å²) in [6, 6.07) is 3.32. The third-order valence-corrected chi connectivity index (χ3v) is 1.98. The van der Waals surface area contributed by atoms with Crippen molar-refractivity contribution < 1.29 is 64.3 Å². The van der Waals surface area contributed by atoms with Gasteiger partial charge in [0, 0.05) is 5.02 Å². The average Bonchev–Trinajstić information content (AvgIpc) is 1.92. The van der Waals surface area contributed by atoms with Gasteiger partial charge in [-0.05, 0) is 18.6 Å². The van der Waals surface area contributed by atoms with Crippen molar-refractivity contribution in [3.05, 3.63) is 28.8 Å². The molecule has 0 N–H and O–H groups in total. The molecule has 13 heavy (non-hydrogen) atoms. The largest absolute Gasteiger partial charge is 1.00 e. The van der Waals surface area contributed by atoms with Gasteiger partial charge in [0.25, 0.3) is 0 Å². The van der Waals surface area contributed by atoms with Crippen LogP contribution in [0.15, 0.2) is 18.2 Å². The second-order valence-corrected chi connectivity index (χ2v) is 2.99. The zero-order valence-electron chi connectivity index (χ0n) is 7.32. The number of hydrogen-bond acceptors (Lipinski definition) is 0. The number of hydrogen-bond donors (Lipinski definition) is 0. The fraction of sp³-hybridized carbons (Fsp3) is 0.143. The minimum Gasteiger partial charge on any atom is -0.445 e. The molecular weight excluding hydrogens is 226 g/mol. The molecule has 1 aromatic rings. The van der Waals surface area contributed by atoms with Crippen molar-refractivity contribution in [2.24, 2.45) is 0 Å². The zero-order chi connectivity index (χ0) is 9.35. The van der Waals surface area contributed by atoms with Crippen LogP contribution in [0.4, 0.5) is 12.9 Å². The standard InChI is InChI=1S/C7H6BClF3.K/c1-5-4-6(8(10,11)12)2-3-7(5)9;/h2-4H,1H3;/q-1;+1. The Kier molecular flexibility index (Phi) is 5.59. The smallest absolute Gasteiger partial charge is 0.445 e. The second kappa shape index (κ2) is 5.19. The molecule has 0 amide bonds. The molecule has 0 aliphatic heterocycles. The van der Waals surface area contributed by atoms with E-state index in [4.69, 9.17) is 11.6 Å². The van der Waals surface area contributed by atoms with Gasteiger partial charge in [-0.2, -0.15) is 0 Å². The third kappa shape index (κ3) is 3.93. The van der Waals surface area contributed by atoms with Crippen LogP contribution in [0.25, 0.3) is 0 Å². The van der Waals surface area contributed by atoms with E-state index >= 15 is 0 Å². The van der Waals surface area contributed by atoms with Crippen LogP contribution >= 0.6 is 11.6 Å². The molecule has 0 atom stereocenters. The molecule has 0 bridgehead atoms. The summed E-state index contributed by atoms with van der Waals surface area (Å²) in [5.41, 5.74) is -0.148. The molecule has 0 heterocycles. The monoisotopic (exact) mass is 232 g/mol. The number of rotatable bonds is 1. The minimum atomic E-state index is -4.90. The molecule has 1 rings (SSSR count). The Hall–Kier alpha value is 1.00. The van der Waals surface area contributed by atoms with E-state index in [0.717, 1.165) is 12.1 Å². The van der Waals surface area contributed by atoms with Crippen molar-refractivity contribution in [3.8, 4) is 0 Å². The van der Waals surface area contributed by atoms with Crippen LogP contribution in [0.2, 0.25) is 5.02 Å². The van der Waals surface area contributed by atoms with Crippen molar-refractivity contribution in [1.82, 2.24) is 0 Å². The van der Waals surface area contributed by atoms with Crippen molar-refractivity contribution in [2.45, 2.75) is 6.92 Å². The van der Waals surface area contributed by atoms with Gasteiger partial charge in [-0.1, -0.05) is 23.7 Å². The molecule has 6 heteroatoms. The molecule has 0 unspecified atom stereocenters. The van der Waals surface area contributed by atoms with Gasteiger partial charge in [-0.25, -0.2) is 0 Å². The van der Waals surface area contributed by atoms with E-state index in [1.54, 1.807) is 6.92 Å². The third-order valence-electron chi connectivity index (χ3n) is 1.56. The zero-order valence-corrected chi connectivity index (χ0v) is 11.2. The molecular formula is C7H6BClF3K. The van der Waals surface area contributed by atoms with Gasteiger partial charge in [-0.15, -0.1) is 5.46 Å². The molecule has 0 saturated carbocycles. The normalized spacial score (nSPS) is 10.8. The van der Waals surface area contributed by atoms with Gasteiger partial charge < -0.3 is 12.9 Å². The Morgan fingerprint density at radius 2 is 1.77 bits per heavy atom. The summed E-state index contributed by atoms with van der Waals surface area (Å²) < 4.78 is 36.4. The second-order valence-electron chi connectivity index (χ2n) is 2.58. The molecule has 0 radical (unpaired) electrons. The van der Waals surface area contributed by atoms with E-state index in [-0.39, 0.29) is 51.4 Å². The van der Waals surface area contributed by atoms with Crippen LogP contribution in [0.3, 0.4) is 0 Å². The Morgan fingerprint density at radius 3 is 2.15 bits per heavy atom. The molecule has 0 spiro atoms. The fourth-order valence-electron chi connectivity index (χ4n) is 0.871.